The lowest BCUT2D eigenvalue weighted by Crippen LogP contribution is -2.41. The van der Waals surface area contributed by atoms with Crippen molar-refractivity contribution in [2.24, 2.45) is 5.41 Å². The number of nitrogens with zero attached hydrogens (tertiary/aromatic N) is 2. The summed E-state index contributed by atoms with van der Waals surface area (Å²) < 4.78 is 0. The van der Waals surface area contributed by atoms with E-state index >= 15 is 0 Å². The van der Waals surface area contributed by atoms with Crippen molar-refractivity contribution in [3.05, 3.63) is 58.3 Å². The van der Waals surface area contributed by atoms with Gasteiger partial charge in [0.25, 0.3) is 0 Å². The first-order chi connectivity index (χ1) is 12.4. The van der Waals surface area contributed by atoms with E-state index in [1.165, 1.54) is 0 Å². The molecule has 1 heterocycles. The molecule has 1 aliphatic carbocycles. The number of hydrogen-bond acceptors (Lipinski definition) is 3. The second-order valence-corrected chi connectivity index (χ2v) is 7.31. The van der Waals surface area contributed by atoms with Gasteiger partial charge in [-0.1, -0.05) is 23.2 Å². The predicted molar refractivity (Wildman–Crippen MR) is 102 cm³/mol. The van der Waals surface area contributed by atoms with Crippen LogP contribution in [-0.2, 0) is 16.0 Å². The molecule has 0 unspecified atom stereocenters. The minimum atomic E-state index is -0.973. The Labute approximate surface area is 162 Å². The number of amides is 2. The van der Waals surface area contributed by atoms with E-state index in [4.69, 9.17) is 23.2 Å². The summed E-state index contributed by atoms with van der Waals surface area (Å²) in [5, 5.41) is 3.56. The van der Waals surface area contributed by atoms with Crippen molar-refractivity contribution in [2.75, 3.05) is 18.9 Å². The zero-order valence-electron chi connectivity index (χ0n) is 14.3. The molecule has 1 aromatic heterocycles. The van der Waals surface area contributed by atoms with Gasteiger partial charge in [0.05, 0.1) is 10.0 Å². The van der Waals surface area contributed by atoms with Crippen LogP contribution >= 0.6 is 23.2 Å². The Morgan fingerprint density at radius 1 is 1.15 bits per heavy atom. The van der Waals surface area contributed by atoms with E-state index in [-0.39, 0.29) is 11.8 Å². The molecule has 5 nitrogen and oxygen atoms in total. The Hall–Kier alpha value is -2.11. The fourth-order valence-corrected chi connectivity index (χ4v) is 3.10. The van der Waals surface area contributed by atoms with Crippen molar-refractivity contribution < 1.29 is 9.59 Å². The normalized spacial score (nSPS) is 14.6. The number of benzene rings is 1. The maximum Gasteiger partial charge on any atom is 0.240 e. The molecular weight excluding hydrogens is 373 g/mol. The van der Waals surface area contributed by atoms with Gasteiger partial charge < -0.3 is 10.2 Å². The molecule has 26 heavy (non-hydrogen) atoms. The zero-order valence-corrected chi connectivity index (χ0v) is 15.8. The van der Waals surface area contributed by atoms with Crippen molar-refractivity contribution in [1.82, 2.24) is 9.88 Å². The second kappa shape index (κ2) is 7.64. The average molecular weight is 392 g/mol. The molecule has 0 aliphatic heterocycles. The predicted octanol–water partition coefficient (Wildman–Crippen LogP) is 3.81. The van der Waals surface area contributed by atoms with Crippen LogP contribution in [-0.4, -0.2) is 35.3 Å². The molecule has 2 aromatic rings. The summed E-state index contributed by atoms with van der Waals surface area (Å²) in [5.74, 6) is -0.444. The molecule has 7 heteroatoms. The number of pyridine rings is 1. The van der Waals surface area contributed by atoms with Crippen LogP contribution in [0.2, 0.25) is 10.0 Å². The van der Waals surface area contributed by atoms with Gasteiger partial charge >= 0.3 is 0 Å². The molecule has 0 spiro atoms. The maximum atomic E-state index is 12.8. The van der Waals surface area contributed by atoms with Crippen LogP contribution in [0, 0.1) is 5.41 Å². The minimum Gasteiger partial charge on any atom is -0.344 e. The lowest BCUT2D eigenvalue weighted by atomic mass is 10.0. The third-order valence-electron chi connectivity index (χ3n) is 4.60. The minimum absolute atomic E-state index is 0.149. The highest BCUT2D eigenvalue weighted by molar-refractivity contribution is 6.42. The van der Waals surface area contributed by atoms with E-state index in [1.807, 2.05) is 12.1 Å². The third kappa shape index (κ3) is 4.00. The molecule has 1 aliphatic rings. The fourth-order valence-electron chi connectivity index (χ4n) is 2.80. The van der Waals surface area contributed by atoms with Crippen molar-refractivity contribution in [3.63, 3.8) is 0 Å². The molecule has 0 radical (unpaired) electrons. The zero-order chi connectivity index (χ0) is 18.7. The molecule has 1 fully saturated rings. The fraction of sp³-hybridized carbons (Fsp3) is 0.316. The van der Waals surface area contributed by atoms with E-state index in [9.17, 15) is 9.59 Å². The highest BCUT2D eigenvalue weighted by Crippen LogP contribution is 2.48. The molecule has 0 bridgehead atoms. The number of rotatable bonds is 6. The average Bonchev–Trinajstić information content (AvgIpc) is 3.45. The first-order valence-corrected chi connectivity index (χ1v) is 9.09. The van der Waals surface area contributed by atoms with E-state index in [2.05, 4.69) is 10.3 Å². The second-order valence-electron chi connectivity index (χ2n) is 6.50. The largest absolute Gasteiger partial charge is 0.344 e. The number of aromatic nitrogens is 1. The van der Waals surface area contributed by atoms with Crippen LogP contribution in [0.25, 0.3) is 0 Å². The van der Waals surface area contributed by atoms with E-state index in [0.29, 0.717) is 35.1 Å². The van der Waals surface area contributed by atoms with Crippen molar-refractivity contribution >= 4 is 40.7 Å². The van der Waals surface area contributed by atoms with Crippen LogP contribution in [0.4, 0.5) is 5.69 Å². The van der Waals surface area contributed by atoms with Gasteiger partial charge in [0.1, 0.15) is 5.41 Å². The lowest BCUT2D eigenvalue weighted by molar-refractivity contribution is -0.141. The van der Waals surface area contributed by atoms with Crippen LogP contribution < -0.4 is 5.32 Å². The number of likely N-dealkylation sites (N-methyl/N-ethyl adjacent to an activating group) is 1. The van der Waals surface area contributed by atoms with Gasteiger partial charge in [-0.2, -0.15) is 0 Å². The van der Waals surface area contributed by atoms with E-state index in [0.717, 1.165) is 12.0 Å². The Balaban J connectivity index is 1.62. The van der Waals surface area contributed by atoms with Gasteiger partial charge in [0, 0.05) is 31.7 Å². The number of halogens is 2. The number of hydrogen-bond donors (Lipinski definition) is 1. The number of carbonyl (C=O) groups excluding carboxylic acids is 2. The first kappa shape index (κ1) is 18.7. The molecule has 136 valence electrons. The van der Waals surface area contributed by atoms with Gasteiger partial charge in [0.2, 0.25) is 11.8 Å². The van der Waals surface area contributed by atoms with Gasteiger partial charge in [-0.3, -0.25) is 14.6 Å². The topological polar surface area (TPSA) is 62.3 Å². The summed E-state index contributed by atoms with van der Waals surface area (Å²) in [7, 11) is 1.73. The molecular formula is C19H19Cl2N3O2. The van der Waals surface area contributed by atoms with Crippen LogP contribution in [0.5, 0.6) is 0 Å². The molecule has 1 aromatic carbocycles. The summed E-state index contributed by atoms with van der Waals surface area (Å²) in [5.41, 5.74) is 0.659. The Kier molecular flexibility index (Phi) is 5.49. The summed E-state index contributed by atoms with van der Waals surface area (Å²) >= 11 is 11.9. The van der Waals surface area contributed by atoms with Crippen LogP contribution in [0.3, 0.4) is 0 Å². The molecule has 0 atom stereocenters. The molecule has 1 saturated carbocycles. The highest BCUT2D eigenvalue weighted by Gasteiger charge is 2.57. The lowest BCUT2D eigenvalue weighted by Gasteiger charge is -2.23. The quantitative estimate of drug-likeness (QED) is 0.761. The Morgan fingerprint density at radius 2 is 1.85 bits per heavy atom. The highest BCUT2D eigenvalue weighted by atomic mass is 35.5. The maximum absolute atomic E-state index is 12.8. The van der Waals surface area contributed by atoms with E-state index in [1.54, 1.807) is 42.5 Å². The summed E-state index contributed by atoms with van der Waals surface area (Å²) in [6, 6.07) is 8.70. The molecule has 0 saturated heterocycles. The summed E-state index contributed by atoms with van der Waals surface area (Å²) in [6.45, 7) is 0.546. The third-order valence-corrected chi connectivity index (χ3v) is 5.34. The van der Waals surface area contributed by atoms with Crippen LogP contribution in [0.1, 0.15) is 18.4 Å². The summed E-state index contributed by atoms with van der Waals surface area (Å²) in [6.07, 6.45) is 5.28. The van der Waals surface area contributed by atoms with Crippen molar-refractivity contribution in [3.8, 4) is 0 Å². The SMILES string of the molecule is CN(CCc1ccncc1)C(=O)C1(C(=O)Nc2ccc(Cl)c(Cl)c2)CC1. The van der Waals surface area contributed by atoms with Gasteiger partial charge in [-0.25, -0.2) is 0 Å². The molecule has 3 rings (SSSR count). The Bertz CT molecular complexity index is 823. The van der Waals surface area contributed by atoms with Gasteiger partial charge in [0.15, 0.2) is 0 Å². The number of carbonyl (C=O) groups is 2. The summed E-state index contributed by atoms with van der Waals surface area (Å²) in [4.78, 5) is 31.1. The van der Waals surface area contributed by atoms with E-state index < -0.39 is 5.41 Å². The smallest absolute Gasteiger partial charge is 0.240 e. The number of anilines is 1. The van der Waals surface area contributed by atoms with Crippen molar-refractivity contribution in [1.29, 1.82) is 0 Å². The Morgan fingerprint density at radius 3 is 2.46 bits per heavy atom. The first-order valence-electron chi connectivity index (χ1n) is 8.33. The standard InChI is InChI=1S/C19H19Cl2N3O2/c1-24(11-6-13-4-9-22-10-5-13)18(26)19(7-8-19)17(25)23-14-2-3-15(20)16(21)12-14/h2-5,9-10,12H,6-8,11H2,1H3,(H,23,25). The van der Waals surface area contributed by atoms with Gasteiger partial charge in [-0.05, 0) is 55.2 Å². The van der Waals surface area contributed by atoms with Crippen molar-refractivity contribution in [2.45, 2.75) is 19.3 Å². The monoisotopic (exact) mass is 391 g/mol. The molecule has 1 N–H and O–H groups in total. The van der Waals surface area contributed by atoms with Crippen LogP contribution in [0.15, 0.2) is 42.7 Å². The van der Waals surface area contributed by atoms with Gasteiger partial charge in [-0.15, -0.1) is 0 Å². The number of nitrogens with one attached hydrogen (secondary N) is 1. The molecule has 2 amide bonds.